The van der Waals surface area contributed by atoms with E-state index in [1.807, 2.05) is 0 Å². The van der Waals surface area contributed by atoms with Crippen LogP contribution in [0.5, 0.6) is 0 Å². The second-order valence-corrected chi connectivity index (χ2v) is 2.22. The summed E-state index contributed by atoms with van der Waals surface area (Å²) in [6, 6.07) is 0. The van der Waals surface area contributed by atoms with Crippen molar-refractivity contribution < 1.29 is 17.6 Å². The highest BCUT2D eigenvalue weighted by atomic mass is 19.3. The van der Waals surface area contributed by atoms with Crippen LogP contribution in [0.2, 0.25) is 0 Å². The van der Waals surface area contributed by atoms with E-state index in [0.29, 0.717) is 0 Å². The minimum atomic E-state index is -4.07. The van der Waals surface area contributed by atoms with Crippen molar-refractivity contribution in [3.05, 3.63) is 0 Å². The summed E-state index contributed by atoms with van der Waals surface area (Å²) in [5, 5.41) is 0. The molecule has 2 N–H and O–H groups in total. The molecule has 0 amide bonds. The first-order valence-corrected chi connectivity index (χ1v) is 3.35. The van der Waals surface area contributed by atoms with Crippen molar-refractivity contribution in [1.82, 2.24) is 0 Å². The Bertz CT molecular complexity index is 167. The van der Waals surface area contributed by atoms with Gasteiger partial charge in [-0.15, -0.1) is 0 Å². The average Bonchev–Trinajstić information content (AvgIpc) is 2.00. The minimum Gasteiger partial charge on any atom is -0.387 e. The first kappa shape index (κ1) is 11.2. The Kier molecular flexibility index (Phi) is 3.99. The second kappa shape index (κ2) is 4.27. The Morgan fingerprint density at radius 1 is 1.50 bits per heavy atom. The highest BCUT2D eigenvalue weighted by Crippen LogP contribution is 2.22. The molecule has 0 radical (unpaired) electrons. The van der Waals surface area contributed by atoms with Crippen LogP contribution in [0.1, 0.15) is 13.3 Å². The molecule has 72 valence electrons. The van der Waals surface area contributed by atoms with E-state index in [2.05, 4.69) is 4.99 Å². The predicted molar refractivity (Wildman–Crippen MR) is 37.7 cm³/mol. The molecular weight excluding hydrogens is 176 g/mol. The van der Waals surface area contributed by atoms with Crippen molar-refractivity contribution >= 4 is 5.84 Å². The molecule has 0 unspecified atom stereocenters. The van der Waals surface area contributed by atoms with Gasteiger partial charge in [0.15, 0.2) is 0 Å². The molecule has 0 saturated carbocycles. The van der Waals surface area contributed by atoms with E-state index in [1.165, 1.54) is 0 Å². The zero-order chi connectivity index (χ0) is 9.78. The smallest absolute Gasteiger partial charge is 0.326 e. The summed E-state index contributed by atoms with van der Waals surface area (Å²) >= 11 is 0. The minimum absolute atomic E-state index is 0.0460. The van der Waals surface area contributed by atoms with Gasteiger partial charge in [-0.25, -0.2) is 8.78 Å². The maximum atomic E-state index is 12.1. The summed E-state index contributed by atoms with van der Waals surface area (Å²) in [6.45, 7) is 0.351. The zero-order valence-electron chi connectivity index (χ0n) is 6.53. The third-order valence-electron chi connectivity index (χ3n) is 1.17. The van der Waals surface area contributed by atoms with Crippen LogP contribution in [-0.4, -0.2) is 24.7 Å². The molecular formula is C6H10F4N2. The van der Waals surface area contributed by atoms with Crippen LogP contribution in [0.15, 0.2) is 4.99 Å². The summed E-state index contributed by atoms with van der Waals surface area (Å²) in [4.78, 5) is 3.10. The van der Waals surface area contributed by atoms with Gasteiger partial charge in [0, 0.05) is 6.42 Å². The first-order chi connectivity index (χ1) is 5.40. The van der Waals surface area contributed by atoms with Gasteiger partial charge in [0.1, 0.15) is 6.54 Å². The second-order valence-electron chi connectivity index (χ2n) is 2.22. The van der Waals surface area contributed by atoms with Crippen molar-refractivity contribution in [2.75, 3.05) is 6.54 Å². The molecule has 0 aliphatic carbocycles. The quantitative estimate of drug-likeness (QED) is 0.404. The van der Waals surface area contributed by atoms with Gasteiger partial charge in [-0.1, -0.05) is 6.92 Å². The van der Waals surface area contributed by atoms with E-state index in [-0.39, 0.29) is 12.3 Å². The Morgan fingerprint density at radius 2 is 2.00 bits per heavy atom. The maximum absolute atomic E-state index is 12.1. The van der Waals surface area contributed by atoms with Gasteiger partial charge in [-0.3, -0.25) is 4.99 Å². The molecule has 0 atom stereocenters. The highest BCUT2D eigenvalue weighted by molar-refractivity contribution is 5.79. The summed E-state index contributed by atoms with van der Waals surface area (Å²) < 4.78 is 47.3. The highest BCUT2D eigenvalue weighted by Gasteiger charge is 2.40. The fourth-order valence-corrected chi connectivity index (χ4v) is 0.388. The first-order valence-electron chi connectivity index (χ1n) is 3.35. The van der Waals surface area contributed by atoms with E-state index in [0.717, 1.165) is 0 Å². The largest absolute Gasteiger partial charge is 0.387 e. The monoisotopic (exact) mass is 186 g/mol. The molecule has 0 aromatic carbocycles. The topological polar surface area (TPSA) is 38.4 Å². The summed E-state index contributed by atoms with van der Waals surface area (Å²) in [5.74, 6) is -4.12. The van der Waals surface area contributed by atoms with Gasteiger partial charge in [-0.2, -0.15) is 8.78 Å². The van der Waals surface area contributed by atoms with Crippen LogP contribution >= 0.6 is 0 Å². The van der Waals surface area contributed by atoms with Gasteiger partial charge < -0.3 is 5.73 Å². The molecule has 0 aromatic heterocycles. The number of nitrogens with zero attached hydrogens (tertiary/aromatic N) is 1. The Labute approximate surface area is 67.5 Å². The van der Waals surface area contributed by atoms with Crippen LogP contribution in [0.3, 0.4) is 0 Å². The van der Waals surface area contributed by atoms with Gasteiger partial charge in [0.2, 0.25) is 0 Å². The fourth-order valence-electron chi connectivity index (χ4n) is 0.388. The molecule has 0 rings (SSSR count). The lowest BCUT2D eigenvalue weighted by Gasteiger charge is -2.11. The number of halogens is 4. The number of hydrogen-bond acceptors (Lipinski definition) is 1. The normalized spacial score (nSPS) is 14.0. The third-order valence-corrected chi connectivity index (χ3v) is 1.17. The standard InChI is InChI=1S/C6H10F4N2/c1-2-4(11)12-3-6(9,10)5(7)8/h5H,2-3H2,1H3,(H2,11,12). The Hall–Kier alpha value is -0.810. The van der Waals surface area contributed by atoms with E-state index >= 15 is 0 Å². The van der Waals surface area contributed by atoms with Crippen LogP contribution in [-0.2, 0) is 0 Å². The molecule has 0 bridgehead atoms. The number of alkyl halides is 4. The van der Waals surface area contributed by atoms with Crippen molar-refractivity contribution in [2.45, 2.75) is 25.7 Å². The Balaban J connectivity index is 4.08. The zero-order valence-corrected chi connectivity index (χ0v) is 6.53. The molecule has 2 nitrogen and oxygen atoms in total. The summed E-state index contributed by atoms with van der Waals surface area (Å²) in [6.07, 6.45) is -3.41. The van der Waals surface area contributed by atoms with E-state index in [9.17, 15) is 17.6 Å². The van der Waals surface area contributed by atoms with Crippen LogP contribution in [0.25, 0.3) is 0 Å². The molecule has 6 heteroatoms. The molecule has 0 aromatic rings. The number of hydrogen-bond donors (Lipinski definition) is 1. The predicted octanol–water partition coefficient (Wildman–Crippen LogP) is 1.65. The Morgan fingerprint density at radius 3 is 2.33 bits per heavy atom. The number of nitrogens with two attached hydrogens (primary N) is 1. The lowest BCUT2D eigenvalue weighted by Crippen LogP contribution is -2.31. The van der Waals surface area contributed by atoms with Crippen LogP contribution < -0.4 is 5.73 Å². The van der Waals surface area contributed by atoms with Crippen molar-refractivity contribution in [3.63, 3.8) is 0 Å². The number of aliphatic imine (C=N–C) groups is 1. The van der Waals surface area contributed by atoms with Gasteiger partial charge in [-0.05, 0) is 0 Å². The van der Waals surface area contributed by atoms with Crippen LogP contribution in [0.4, 0.5) is 17.6 Å². The lowest BCUT2D eigenvalue weighted by atomic mass is 10.3. The molecule has 0 fully saturated rings. The van der Waals surface area contributed by atoms with Crippen molar-refractivity contribution in [2.24, 2.45) is 10.7 Å². The summed E-state index contributed by atoms with van der Waals surface area (Å²) in [7, 11) is 0. The maximum Gasteiger partial charge on any atom is 0.326 e. The molecule has 12 heavy (non-hydrogen) atoms. The van der Waals surface area contributed by atoms with Crippen molar-refractivity contribution in [3.8, 4) is 0 Å². The van der Waals surface area contributed by atoms with Gasteiger partial charge in [0.05, 0.1) is 5.84 Å². The average molecular weight is 186 g/mol. The molecule has 0 aliphatic rings. The van der Waals surface area contributed by atoms with Crippen molar-refractivity contribution in [1.29, 1.82) is 0 Å². The molecule has 0 saturated heterocycles. The summed E-state index contributed by atoms with van der Waals surface area (Å²) in [5.41, 5.74) is 5.05. The molecule has 0 aliphatic heterocycles. The number of rotatable bonds is 4. The third kappa shape index (κ3) is 3.54. The fraction of sp³-hybridized carbons (Fsp3) is 0.833. The lowest BCUT2D eigenvalue weighted by molar-refractivity contribution is -0.119. The van der Waals surface area contributed by atoms with E-state index in [1.54, 1.807) is 6.92 Å². The van der Waals surface area contributed by atoms with Crippen LogP contribution in [0, 0.1) is 0 Å². The number of amidine groups is 1. The van der Waals surface area contributed by atoms with Gasteiger partial charge in [0.25, 0.3) is 0 Å². The van der Waals surface area contributed by atoms with E-state index < -0.39 is 18.9 Å². The molecule has 0 spiro atoms. The van der Waals surface area contributed by atoms with Gasteiger partial charge >= 0.3 is 12.3 Å². The SMILES string of the molecule is CCC(N)=NCC(F)(F)C(F)F. The van der Waals surface area contributed by atoms with E-state index in [4.69, 9.17) is 5.73 Å². The molecule has 0 heterocycles.